The Kier molecular flexibility index (Phi) is 13.1. The van der Waals surface area contributed by atoms with E-state index < -0.39 is 0 Å². The van der Waals surface area contributed by atoms with Gasteiger partial charge in [0.05, 0.1) is 12.8 Å². The Morgan fingerprint density at radius 1 is 0.683 bits per heavy atom. The van der Waals surface area contributed by atoms with Gasteiger partial charge in [-0.3, -0.25) is 4.90 Å². The summed E-state index contributed by atoms with van der Waals surface area (Å²) in [6.45, 7) is 3.53. The van der Waals surface area contributed by atoms with Crippen LogP contribution in [0.1, 0.15) is 16.7 Å². The quantitative estimate of drug-likeness (QED) is 0.0918. The van der Waals surface area contributed by atoms with Gasteiger partial charge in [-0.1, -0.05) is 64.1 Å². The Labute approximate surface area is 251 Å². The van der Waals surface area contributed by atoms with E-state index in [1.807, 2.05) is 50.7 Å². The molecule has 2 heterocycles. The van der Waals surface area contributed by atoms with Crippen LogP contribution in [0.5, 0.6) is 0 Å². The smallest absolute Gasteiger partial charge is 0.171 e. The minimum Gasteiger partial charge on any atom is -0.390 e. The zero-order valence-corrected chi connectivity index (χ0v) is 24.9. The summed E-state index contributed by atoms with van der Waals surface area (Å²) >= 11 is 0. The topological polar surface area (TPSA) is 72.8 Å². The Morgan fingerprint density at radius 2 is 1.22 bits per heavy atom. The van der Waals surface area contributed by atoms with Crippen LogP contribution < -0.4 is 20.1 Å². The van der Waals surface area contributed by atoms with E-state index in [9.17, 15) is 0 Å². The second-order valence-corrected chi connectivity index (χ2v) is 12.2. The molecule has 4 rings (SSSR count). The molecule has 214 valence electrons. The Morgan fingerprint density at radius 3 is 1.76 bits per heavy atom. The molecule has 0 fully saturated rings. The molecule has 1 aliphatic heterocycles. The third kappa shape index (κ3) is 11.3. The zero-order chi connectivity index (χ0) is 28.5. The number of nitrogens with one attached hydrogen (secondary N) is 3. The number of allylic oxidation sites excluding steroid dienone is 3. The molecule has 0 aliphatic carbocycles. The van der Waals surface area contributed by atoms with Crippen molar-refractivity contribution in [3.63, 3.8) is 0 Å². The van der Waals surface area contributed by atoms with Gasteiger partial charge in [-0.25, -0.2) is 4.57 Å². The van der Waals surface area contributed by atoms with E-state index in [0.29, 0.717) is 13.1 Å². The number of nitrogens with zero attached hydrogens (tertiary/aromatic N) is 1. The van der Waals surface area contributed by atoms with Crippen molar-refractivity contribution in [1.29, 1.82) is 0 Å². The lowest BCUT2D eigenvalue weighted by Crippen LogP contribution is -3.02. The standard InChI is InChI=1S/C33H38N4O2S2/c38-23-21-36-18-13-30(14-19-36)2-1-28-5-9-32(10-6-28)34-16-25-40-41-26-17-35-33-11-7-29(8-12-33)3-4-31-15-20-37(27-31)22-24-39/h1-15,18-20,27,35,38-39H,16-17,21-26H2/p+2/b4-3+. The summed E-state index contributed by atoms with van der Waals surface area (Å²) in [4.78, 5) is 1.17. The number of aliphatic hydroxyl groups excluding tert-OH is 2. The van der Waals surface area contributed by atoms with E-state index in [-0.39, 0.29) is 13.2 Å². The maximum atomic E-state index is 9.05. The molecule has 0 radical (unpaired) electrons. The average molecular weight is 589 g/mol. The van der Waals surface area contributed by atoms with Gasteiger partial charge in [0.15, 0.2) is 18.9 Å². The van der Waals surface area contributed by atoms with Gasteiger partial charge in [-0.2, -0.15) is 0 Å². The highest BCUT2D eigenvalue weighted by Crippen LogP contribution is 2.21. The number of anilines is 2. The SMILES string of the molecule is OCC[n+]1ccc(/C=C/c2ccc(NCCSSCCNc3ccc(/C=C/C4=C[NH+](CCO)C=C4)cc3)cc2)cc1. The molecular formula is C33H40N4O2S2+2. The maximum Gasteiger partial charge on any atom is 0.171 e. The van der Waals surface area contributed by atoms with Crippen LogP contribution >= 0.6 is 21.6 Å². The highest BCUT2D eigenvalue weighted by atomic mass is 33.1. The number of aromatic nitrogens is 1. The van der Waals surface area contributed by atoms with Crippen molar-refractivity contribution in [3.05, 3.63) is 120 Å². The molecule has 0 amide bonds. The van der Waals surface area contributed by atoms with E-state index in [0.717, 1.165) is 47.1 Å². The zero-order valence-electron chi connectivity index (χ0n) is 23.3. The van der Waals surface area contributed by atoms with Crippen LogP contribution in [0.25, 0.3) is 18.2 Å². The van der Waals surface area contributed by atoms with E-state index in [1.165, 1.54) is 16.0 Å². The number of pyridine rings is 1. The molecule has 3 aromatic rings. The fourth-order valence-corrected chi connectivity index (χ4v) is 5.96. The van der Waals surface area contributed by atoms with Crippen molar-refractivity contribution in [2.75, 3.05) is 55.0 Å². The first-order valence-electron chi connectivity index (χ1n) is 14.0. The lowest BCUT2D eigenvalue weighted by molar-refractivity contribution is -0.788. The fourth-order valence-electron chi connectivity index (χ4n) is 4.15. The number of quaternary nitrogens is 1. The monoisotopic (exact) mass is 588 g/mol. The first-order chi connectivity index (χ1) is 20.2. The van der Waals surface area contributed by atoms with Gasteiger partial charge >= 0.3 is 0 Å². The van der Waals surface area contributed by atoms with Crippen molar-refractivity contribution >= 4 is 51.2 Å². The minimum atomic E-state index is 0.149. The third-order valence-electron chi connectivity index (χ3n) is 6.39. The van der Waals surface area contributed by atoms with Crippen molar-refractivity contribution in [1.82, 2.24) is 0 Å². The fraction of sp³-hybridized carbons (Fsp3) is 0.242. The van der Waals surface area contributed by atoms with Gasteiger partial charge in [0.25, 0.3) is 0 Å². The minimum absolute atomic E-state index is 0.149. The number of aliphatic hydroxyl groups is 2. The van der Waals surface area contributed by atoms with Crippen LogP contribution in [0.2, 0.25) is 0 Å². The number of hydrogen-bond acceptors (Lipinski definition) is 6. The molecule has 0 saturated carbocycles. The molecule has 1 aliphatic rings. The third-order valence-corrected chi connectivity index (χ3v) is 8.80. The molecular weight excluding hydrogens is 549 g/mol. The van der Waals surface area contributed by atoms with Crippen molar-refractivity contribution in [2.24, 2.45) is 0 Å². The van der Waals surface area contributed by atoms with Crippen LogP contribution in [-0.4, -0.2) is 54.6 Å². The molecule has 1 atom stereocenters. The van der Waals surface area contributed by atoms with Gasteiger partial charge in [0.2, 0.25) is 0 Å². The van der Waals surface area contributed by atoms with Gasteiger partial charge in [-0.15, -0.1) is 0 Å². The molecule has 0 spiro atoms. The molecule has 8 heteroatoms. The molecule has 0 bridgehead atoms. The molecule has 0 saturated heterocycles. The van der Waals surface area contributed by atoms with Crippen LogP contribution in [-0.2, 0) is 6.54 Å². The molecule has 41 heavy (non-hydrogen) atoms. The summed E-state index contributed by atoms with van der Waals surface area (Å²) in [6.07, 6.45) is 18.7. The summed E-state index contributed by atoms with van der Waals surface area (Å²) in [6, 6.07) is 21.1. The normalized spacial score (nSPS) is 14.7. The van der Waals surface area contributed by atoms with Gasteiger partial charge in [0, 0.05) is 59.8 Å². The van der Waals surface area contributed by atoms with E-state index in [4.69, 9.17) is 10.2 Å². The van der Waals surface area contributed by atoms with E-state index in [1.54, 1.807) is 0 Å². The van der Waals surface area contributed by atoms with Crippen LogP contribution in [0.4, 0.5) is 11.4 Å². The van der Waals surface area contributed by atoms with E-state index in [2.05, 4.69) is 102 Å². The highest BCUT2D eigenvalue weighted by Gasteiger charge is 2.07. The first kappa shape index (κ1) is 30.7. The second kappa shape index (κ2) is 17.5. The number of benzene rings is 2. The van der Waals surface area contributed by atoms with Crippen molar-refractivity contribution < 1.29 is 19.7 Å². The summed E-state index contributed by atoms with van der Waals surface area (Å²) in [5.41, 5.74) is 6.91. The average Bonchev–Trinajstić information content (AvgIpc) is 3.46. The van der Waals surface area contributed by atoms with Gasteiger partial charge in [0.1, 0.15) is 19.4 Å². The molecule has 1 unspecified atom stereocenters. The number of hydrogen-bond donors (Lipinski definition) is 5. The summed E-state index contributed by atoms with van der Waals surface area (Å²) < 4.78 is 1.97. The number of rotatable bonds is 17. The summed E-state index contributed by atoms with van der Waals surface area (Å²) in [5, 5.41) is 25.1. The highest BCUT2D eigenvalue weighted by molar-refractivity contribution is 8.76. The summed E-state index contributed by atoms with van der Waals surface area (Å²) in [5.74, 6) is 2.09. The lowest BCUT2D eigenvalue weighted by Gasteiger charge is -2.08. The molecule has 1 aromatic heterocycles. The van der Waals surface area contributed by atoms with Crippen LogP contribution in [0.3, 0.4) is 0 Å². The van der Waals surface area contributed by atoms with Crippen molar-refractivity contribution in [3.8, 4) is 0 Å². The molecule has 5 N–H and O–H groups in total. The molecule has 6 nitrogen and oxygen atoms in total. The maximum absolute atomic E-state index is 9.05. The predicted octanol–water partition coefficient (Wildman–Crippen LogP) is 4.34. The van der Waals surface area contributed by atoms with Crippen LogP contribution in [0.15, 0.2) is 103 Å². The van der Waals surface area contributed by atoms with Crippen LogP contribution in [0, 0.1) is 0 Å². The van der Waals surface area contributed by atoms with Gasteiger partial charge in [-0.05, 0) is 47.0 Å². The van der Waals surface area contributed by atoms with Gasteiger partial charge < -0.3 is 20.8 Å². The lowest BCUT2D eigenvalue weighted by atomic mass is 10.1. The predicted molar refractivity (Wildman–Crippen MR) is 177 cm³/mol. The largest absolute Gasteiger partial charge is 0.390 e. The summed E-state index contributed by atoms with van der Waals surface area (Å²) in [7, 11) is 3.79. The second-order valence-electron chi connectivity index (χ2n) is 9.53. The van der Waals surface area contributed by atoms with Crippen molar-refractivity contribution in [2.45, 2.75) is 6.54 Å². The van der Waals surface area contributed by atoms with E-state index >= 15 is 0 Å². The Hall–Kier alpha value is -3.27. The Bertz CT molecular complexity index is 1300. The Balaban J connectivity index is 1.05. The molecule has 2 aromatic carbocycles. The first-order valence-corrected chi connectivity index (χ1v) is 16.5.